The van der Waals surface area contributed by atoms with Crippen molar-refractivity contribution in [3.05, 3.63) is 48.5 Å². The molecule has 0 radical (unpaired) electrons. The Morgan fingerprint density at radius 2 is 1.94 bits per heavy atom. The first-order valence-electron chi connectivity index (χ1n) is 11.9. The standard InChI is InChI=1S/C25H28FN5O5/c1-15(32)36-25(3)18(12-34-22(33)17-7-5-4-6-8-17)35-23(24(25,2)26)31-14-30-19-20(27-11-16-9-10-16)28-13-29-21(19)31/h4-8,13-14,16,18,23H,9-12H2,1-3H3,(H,27,28,29)/t18-,23-,24+,25+/m1/s1. The summed E-state index contributed by atoms with van der Waals surface area (Å²) in [6.07, 6.45) is 2.80. The predicted molar refractivity (Wildman–Crippen MR) is 127 cm³/mol. The number of fused-ring (bicyclic) bond motifs is 1. The zero-order valence-electron chi connectivity index (χ0n) is 20.3. The Morgan fingerprint density at radius 1 is 1.19 bits per heavy atom. The molecule has 1 N–H and O–H groups in total. The van der Waals surface area contributed by atoms with E-state index >= 15 is 4.39 Å². The fraction of sp³-hybridized carbons (Fsp3) is 0.480. The minimum Gasteiger partial charge on any atom is -0.459 e. The van der Waals surface area contributed by atoms with Crippen molar-refractivity contribution in [2.24, 2.45) is 5.92 Å². The summed E-state index contributed by atoms with van der Waals surface area (Å²) in [5, 5.41) is 3.29. The molecule has 1 aromatic carbocycles. The summed E-state index contributed by atoms with van der Waals surface area (Å²) in [4.78, 5) is 37.5. The van der Waals surface area contributed by atoms with Gasteiger partial charge in [-0.3, -0.25) is 9.36 Å². The molecule has 0 unspecified atom stereocenters. The number of anilines is 1. The molecule has 0 amide bonds. The molecule has 3 aromatic rings. The van der Waals surface area contributed by atoms with Crippen LogP contribution in [-0.4, -0.2) is 62.0 Å². The molecule has 10 nitrogen and oxygen atoms in total. The molecule has 2 fully saturated rings. The van der Waals surface area contributed by atoms with Crippen molar-refractivity contribution >= 4 is 28.9 Å². The van der Waals surface area contributed by atoms with Gasteiger partial charge in [-0.05, 0) is 44.7 Å². The highest BCUT2D eigenvalue weighted by Gasteiger charge is 2.66. The van der Waals surface area contributed by atoms with Crippen LogP contribution in [0, 0.1) is 5.92 Å². The van der Waals surface area contributed by atoms with E-state index in [2.05, 4.69) is 20.3 Å². The molecule has 1 aliphatic heterocycles. The van der Waals surface area contributed by atoms with E-state index in [-0.39, 0.29) is 6.61 Å². The number of imidazole rings is 1. The molecule has 11 heteroatoms. The number of carbonyl (C=O) groups is 2. The molecule has 0 spiro atoms. The van der Waals surface area contributed by atoms with Crippen LogP contribution >= 0.6 is 0 Å². The van der Waals surface area contributed by atoms with E-state index in [1.165, 1.54) is 50.8 Å². The van der Waals surface area contributed by atoms with Crippen molar-refractivity contribution in [2.45, 2.75) is 57.2 Å². The largest absolute Gasteiger partial charge is 0.459 e. The molecule has 1 aliphatic carbocycles. The molecular weight excluding hydrogens is 469 g/mol. The summed E-state index contributed by atoms with van der Waals surface area (Å²) < 4.78 is 35.1. The van der Waals surface area contributed by atoms with Crippen LogP contribution < -0.4 is 5.32 Å². The van der Waals surface area contributed by atoms with Gasteiger partial charge in [-0.15, -0.1) is 0 Å². The number of alkyl halides is 1. The molecular formula is C25H28FN5O5. The monoisotopic (exact) mass is 497 g/mol. The smallest absolute Gasteiger partial charge is 0.338 e. The van der Waals surface area contributed by atoms with Gasteiger partial charge in [0.15, 0.2) is 34.5 Å². The van der Waals surface area contributed by atoms with Crippen LogP contribution in [0.4, 0.5) is 10.2 Å². The first kappa shape index (κ1) is 24.1. The van der Waals surface area contributed by atoms with Crippen LogP contribution in [0.25, 0.3) is 11.2 Å². The third kappa shape index (κ3) is 4.27. The Balaban J connectivity index is 1.44. The lowest BCUT2D eigenvalue weighted by Gasteiger charge is -2.36. The fourth-order valence-corrected chi connectivity index (χ4v) is 4.49. The van der Waals surface area contributed by atoms with Gasteiger partial charge < -0.3 is 19.5 Å². The number of carbonyl (C=O) groups excluding carboxylic acids is 2. The van der Waals surface area contributed by atoms with Gasteiger partial charge in [0.05, 0.1) is 11.9 Å². The SMILES string of the molecule is CC(=O)O[C@@]1(C)[C@@H](COC(=O)c2ccccc2)O[C@@H](n2cnc3c(NCC4CC4)ncnc32)[C@]1(C)F. The molecule has 1 saturated heterocycles. The summed E-state index contributed by atoms with van der Waals surface area (Å²) in [5.74, 6) is -0.108. The summed E-state index contributed by atoms with van der Waals surface area (Å²) in [5.41, 5.74) is -2.82. The van der Waals surface area contributed by atoms with E-state index in [1.807, 2.05) is 0 Å². The number of hydrogen-bond donors (Lipinski definition) is 1. The van der Waals surface area contributed by atoms with Gasteiger partial charge in [-0.2, -0.15) is 0 Å². The maximum atomic E-state index is 16.6. The Morgan fingerprint density at radius 3 is 2.64 bits per heavy atom. The molecule has 2 aliphatic rings. The first-order valence-corrected chi connectivity index (χ1v) is 11.9. The van der Waals surface area contributed by atoms with E-state index < -0.39 is 35.5 Å². The number of aromatic nitrogens is 4. The molecule has 0 bridgehead atoms. The Hall–Kier alpha value is -3.60. The highest BCUT2D eigenvalue weighted by atomic mass is 19.1. The summed E-state index contributed by atoms with van der Waals surface area (Å²) in [7, 11) is 0. The number of esters is 2. The van der Waals surface area contributed by atoms with E-state index in [1.54, 1.807) is 30.3 Å². The van der Waals surface area contributed by atoms with Gasteiger partial charge in [0.1, 0.15) is 19.0 Å². The topological polar surface area (TPSA) is 117 Å². The van der Waals surface area contributed by atoms with Crippen LogP contribution in [0.1, 0.15) is 50.2 Å². The van der Waals surface area contributed by atoms with Gasteiger partial charge in [0, 0.05) is 13.5 Å². The number of nitrogens with zero attached hydrogens (tertiary/aromatic N) is 4. The maximum absolute atomic E-state index is 16.6. The number of ether oxygens (including phenoxy) is 3. The number of rotatable bonds is 8. The summed E-state index contributed by atoms with van der Waals surface area (Å²) in [6, 6.07) is 8.41. The average Bonchev–Trinajstić information content (AvgIpc) is 3.55. The highest BCUT2D eigenvalue weighted by molar-refractivity contribution is 5.89. The lowest BCUT2D eigenvalue weighted by atomic mass is 9.84. The molecule has 4 atom stereocenters. The van der Waals surface area contributed by atoms with E-state index in [0.29, 0.717) is 28.5 Å². The summed E-state index contributed by atoms with van der Waals surface area (Å²) >= 11 is 0. The zero-order chi connectivity index (χ0) is 25.5. The van der Waals surface area contributed by atoms with Crippen molar-refractivity contribution < 1.29 is 28.2 Å². The molecule has 3 heterocycles. The van der Waals surface area contributed by atoms with Gasteiger partial charge >= 0.3 is 11.9 Å². The Labute approximate surface area is 207 Å². The quantitative estimate of drug-likeness (QED) is 0.467. The van der Waals surface area contributed by atoms with Crippen LogP contribution in [0.2, 0.25) is 0 Å². The predicted octanol–water partition coefficient (Wildman–Crippen LogP) is 3.45. The Kier molecular flexibility index (Phi) is 6.11. The first-order chi connectivity index (χ1) is 17.2. The second-order valence-corrected chi connectivity index (χ2v) is 9.59. The second kappa shape index (κ2) is 9.12. The number of hydrogen-bond acceptors (Lipinski definition) is 9. The molecule has 190 valence electrons. The normalized spacial score (nSPS) is 27.7. The van der Waals surface area contributed by atoms with E-state index in [0.717, 1.165) is 6.54 Å². The third-order valence-corrected chi connectivity index (χ3v) is 6.94. The van der Waals surface area contributed by atoms with Gasteiger partial charge in [0.25, 0.3) is 0 Å². The van der Waals surface area contributed by atoms with Crippen molar-refractivity contribution in [2.75, 3.05) is 18.5 Å². The lowest BCUT2D eigenvalue weighted by molar-refractivity contribution is -0.175. The van der Waals surface area contributed by atoms with Crippen molar-refractivity contribution in [1.29, 1.82) is 0 Å². The van der Waals surface area contributed by atoms with Crippen molar-refractivity contribution in [3.8, 4) is 0 Å². The van der Waals surface area contributed by atoms with Gasteiger partial charge in [0.2, 0.25) is 0 Å². The van der Waals surface area contributed by atoms with Crippen LogP contribution in [0.3, 0.4) is 0 Å². The second-order valence-electron chi connectivity index (χ2n) is 9.59. The lowest BCUT2D eigenvalue weighted by Crippen LogP contribution is -2.55. The van der Waals surface area contributed by atoms with E-state index in [9.17, 15) is 9.59 Å². The number of benzene rings is 1. The highest BCUT2D eigenvalue weighted by Crippen LogP contribution is 2.51. The number of nitrogens with one attached hydrogen (secondary N) is 1. The summed E-state index contributed by atoms with van der Waals surface area (Å²) in [6.45, 7) is 4.37. The van der Waals surface area contributed by atoms with Gasteiger partial charge in [-0.25, -0.2) is 24.1 Å². The minimum absolute atomic E-state index is 0.330. The zero-order valence-corrected chi connectivity index (χ0v) is 20.3. The molecule has 2 aromatic heterocycles. The van der Waals surface area contributed by atoms with Crippen LogP contribution in [0.5, 0.6) is 0 Å². The fourth-order valence-electron chi connectivity index (χ4n) is 4.49. The van der Waals surface area contributed by atoms with Crippen LogP contribution in [0.15, 0.2) is 43.0 Å². The van der Waals surface area contributed by atoms with E-state index in [4.69, 9.17) is 14.2 Å². The number of halogens is 1. The average molecular weight is 498 g/mol. The van der Waals surface area contributed by atoms with Crippen LogP contribution in [-0.2, 0) is 19.0 Å². The maximum Gasteiger partial charge on any atom is 0.338 e. The Bertz CT molecular complexity index is 1280. The minimum atomic E-state index is -2.23. The third-order valence-electron chi connectivity index (χ3n) is 6.94. The van der Waals surface area contributed by atoms with Gasteiger partial charge in [-0.1, -0.05) is 18.2 Å². The van der Waals surface area contributed by atoms with Crippen molar-refractivity contribution in [1.82, 2.24) is 19.5 Å². The molecule has 36 heavy (non-hydrogen) atoms. The molecule has 5 rings (SSSR count). The molecule has 1 saturated carbocycles. The van der Waals surface area contributed by atoms with Crippen molar-refractivity contribution in [3.63, 3.8) is 0 Å².